The Bertz CT molecular complexity index is 2250. The van der Waals surface area contributed by atoms with Crippen molar-refractivity contribution in [1.82, 2.24) is 10.6 Å². The molecule has 4 unspecified atom stereocenters. The molecule has 0 radical (unpaired) electrons. The zero-order valence-electron chi connectivity index (χ0n) is 70.2. The first-order valence-corrected chi connectivity index (χ1v) is 45.2. The number of hydrogen-bond acceptors (Lipinski definition) is 11. The van der Waals surface area contributed by atoms with Gasteiger partial charge in [0.2, 0.25) is 11.8 Å². The molecule has 0 aliphatic heterocycles. The number of benzene rings is 1. The standard InChI is InChI=1S/C93H168N2O11/c1-9-13-17-21-33-45-58-81(83(60-47-35-23-19-15-11-3)64-51-39-27-31-43-55-68-89(98)104-76-57-77-106-92(101)80(5)6)62-49-37-25-29-41-53-66-87(96)94-74-75-95-88(97)67-54-42-30-26-38-50-63-82(59-46-34-22-18-14-10-2)84(61-48-36-24-20-16-12-4)65-52-40-28-32-44-56-69-90(99)105-79-78-103-86-72-70-85(71-73-86)91(100)93(7,8)102/h70-73,81-84,102H,5,9-69,74-79H2,1-4,6-8H3,(H,94,96)(H,95,97). The molecule has 13 nitrogen and oxygen atoms in total. The number of rotatable bonds is 80. The Kier molecular flexibility index (Phi) is 68.0. The van der Waals surface area contributed by atoms with Crippen LogP contribution in [0, 0.1) is 23.7 Å². The lowest BCUT2D eigenvalue weighted by Crippen LogP contribution is -2.34. The molecule has 0 bridgehead atoms. The Balaban J connectivity index is 2.47. The van der Waals surface area contributed by atoms with E-state index in [-0.39, 0.29) is 56.0 Å². The minimum atomic E-state index is -1.43. The lowest BCUT2D eigenvalue weighted by molar-refractivity contribution is -0.145. The third-order valence-electron chi connectivity index (χ3n) is 22.1. The van der Waals surface area contributed by atoms with Crippen LogP contribution in [0.1, 0.15) is 450 Å². The van der Waals surface area contributed by atoms with Gasteiger partial charge < -0.3 is 34.7 Å². The van der Waals surface area contributed by atoms with Gasteiger partial charge in [-0.25, -0.2) is 4.79 Å². The van der Waals surface area contributed by atoms with E-state index in [2.05, 4.69) is 44.9 Å². The summed E-state index contributed by atoms with van der Waals surface area (Å²) in [6, 6.07) is 6.66. The number of aliphatic hydroxyl groups is 1. The predicted octanol–water partition coefficient (Wildman–Crippen LogP) is 25.8. The molecule has 0 spiro atoms. The van der Waals surface area contributed by atoms with Gasteiger partial charge >= 0.3 is 17.9 Å². The fraction of sp³-hybridized carbons (Fsp3) is 0.849. The molecule has 13 heteroatoms. The van der Waals surface area contributed by atoms with Crippen molar-refractivity contribution in [3.63, 3.8) is 0 Å². The van der Waals surface area contributed by atoms with E-state index in [1.807, 2.05) is 0 Å². The molecule has 0 saturated heterocycles. The van der Waals surface area contributed by atoms with Gasteiger partial charge in [-0.3, -0.25) is 24.0 Å². The molecule has 0 fully saturated rings. The number of Topliss-reactive ketones (excluding diaryl/α,β-unsaturated/α-hetero) is 1. The molecule has 0 saturated carbocycles. The molecule has 1 rings (SSSR count). The van der Waals surface area contributed by atoms with Crippen molar-refractivity contribution in [2.45, 2.75) is 446 Å². The molecule has 3 N–H and O–H groups in total. The van der Waals surface area contributed by atoms with Gasteiger partial charge in [-0.2, -0.15) is 0 Å². The summed E-state index contributed by atoms with van der Waals surface area (Å²) < 4.78 is 21.6. The van der Waals surface area contributed by atoms with Gasteiger partial charge in [0, 0.05) is 56.3 Å². The number of carbonyl (C=O) groups excluding carboxylic acids is 6. The monoisotopic (exact) mass is 1490 g/mol. The Hall–Kier alpha value is -4.26. The highest BCUT2D eigenvalue weighted by Crippen LogP contribution is 2.36. The van der Waals surface area contributed by atoms with Crippen LogP contribution in [0.2, 0.25) is 0 Å². The highest BCUT2D eigenvalue weighted by molar-refractivity contribution is 6.01. The van der Waals surface area contributed by atoms with E-state index in [9.17, 15) is 33.9 Å². The number of ether oxygens (including phenoxy) is 4. The number of esters is 3. The second kappa shape index (κ2) is 72.3. The Morgan fingerprint density at radius 3 is 0.906 bits per heavy atom. The second-order valence-corrected chi connectivity index (χ2v) is 32.6. The van der Waals surface area contributed by atoms with Crippen molar-refractivity contribution < 1.29 is 52.8 Å². The summed E-state index contributed by atoms with van der Waals surface area (Å²) in [5.74, 6) is 2.99. The molecular formula is C93H168N2O11. The average molecular weight is 1490 g/mol. The lowest BCUT2D eigenvalue weighted by atomic mass is 9.78. The normalized spacial score (nSPS) is 12.7. The summed E-state index contributed by atoms with van der Waals surface area (Å²) in [7, 11) is 0. The number of nitrogens with one attached hydrogen (secondary N) is 2. The topological polar surface area (TPSA) is 184 Å². The van der Waals surface area contributed by atoms with Crippen molar-refractivity contribution in [2.75, 3.05) is 39.5 Å². The van der Waals surface area contributed by atoms with E-state index in [0.717, 1.165) is 81.5 Å². The van der Waals surface area contributed by atoms with Crippen molar-refractivity contribution in [2.24, 2.45) is 23.7 Å². The minimum Gasteiger partial charge on any atom is -0.490 e. The Morgan fingerprint density at radius 2 is 0.613 bits per heavy atom. The highest BCUT2D eigenvalue weighted by atomic mass is 16.6. The van der Waals surface area contributed by atoms with Crippen LogP contribution in [0.3, 0.4) is 0 Å². The first kappa shape index (κ1) is 99.7. The van der Waals surface area contributed by atoms with Gasteiger partial charge in [0.15, 0.2) is 5.78 Å². The third kappa shape index (κ3) is 61.5. The summed E-state index contributed by atoms with van der Waals surface area (Å²) in [5.41, 5.74) is -0.635. The third-order valence-corrected chi connectivity index (χ3v) is 22.1. The molecule has 1 aromatic rings. The van der Waals surface area contributed by atoms with E-state index in [4.69, 9.17) is 18.9 Å². The first-order valence-electron chi connectivity index (χ1n) is 45.2. The van der Waals surface area contributed by atoms with Crippen LogP contribution in [0.5, 0.6) is 5.75 Å². The van der Waals surface area contributed by atoms with Crippen LogP contribution in [0.25, 0.3) is 0 Å². The fourth-order valence-electron chi connectivity index (χ4n) is 15.4. The molecule has 1 aromatic carbocycles. The van der Waals surface area contributed by atoms with Crippen molar-refractivity contribution in [1.29, 1.82) is 0 Å². The highest BCUT2D eigenvalue weighted by Gasteiger charge is 2.26. The van der Waals surface area contributed by atoms with Crippen LogP contribution < -0.4 is 15.4 Å². The molecule has 2 amide bonds. The number of unbranched alkanes of at least 4 members (excludes halogenated alkanes) is 40. The zero-order chi connectivity index (χ0) is 77.5. The van der Waals surface area contributed by atoms with Gasteiger partial charge in [0.1, 0.15) is 24.6 Å². The zero-order valence-corrected chi connectivity index (χ0v) is 70.2. The average Bonchev–Trinajstić information content (AvgIpc) is 0.852. The van der Waals surface area contributed by atoms with Gasteiger partial charge in [0.25, 0.3) is 0 Å². The quantitative estimate of drug-likeness (QED) is 0.0185. The van der Waals surface area contributed by atoms with Crippen LogP contribution in [-0.2, 0) is 38.2 Å². The van der Waals surface area contributed by atoms with Crippen molar-refractivity contribution in [3.05, 3.63) is 42.0 Å². The number of ketones is 1. The van der Waals surface area contributed by atoms with E-state index in [1.54, 1.807) is 31.2 Å². The maximum atomic E-state index is 12.8. The predicted molar refractivity (Wildman–Crippen MR) is 445 cm³/mol. The van der Waals surface area contributed by atoms with Crippen LogP contribution in [0.4, 0.5) is 0 Å². The van der Waals surface area contributed by atoms with Crippen LogP contribution in [-0.4, -0.2) is 85.7 Å². The smallest absolute Gasteiger partial charge is 0.333 e. The molecular weight excluding hydrogens is 1320 g/mol. The number of hydrogen-bond donors (Lipinski definition) is 3. The molecule has 0 heterocycles. The maximum Gasteiger partial charge on any atom is 0.333 e. The number of amides is 2. The number of carbonyl (C=O) groups is 6. The van der Waals surface area contributed by atoms with Crippen molar-refractivity contribution in [3.8, 4) is 5.75 Å². The summed E-state index contributed by atoms with van der Waals surface area (Å²) in [6.07, 6.45) is 74.0. The summed E-state index contributed by atoms with van der Waals surface area (Å²) in [4.78, 5) is 74.1. The fourth-order valence-corrected chi connectivity index (χ4v) is 15.4. The molecule has 0 aliphatic carbocycles. The minimum absolute atomic E-state index is 0.0989. The first-order chi connectivity index (χ1) is 51.6. The van der Waals surface area contributed by atoms with E-state index < -0.39 is 11.6 Å². The summed E-state index contributed by atoms with van der Waals surface area (Å²) in [6.45, 7) is 19.3. The molecule has 4 atom stereocenters. The van der Waals surface area contributed by atoms with Crippen LogP contribution >= 0.6 is 0 Å². The largest absolute Gasteiger partial charge is 0.490 e. The summed E-state index contributed by atoms with van der Waals surface area (Å²) in [5, 5.41) is 16.1. The summed E-state index contributed by atoms with van der Waals surface area (Å²) >= 11 is 0. The molecule has 106 heavy (non-hydrogen) atoms. The van der Waals surface area contributed by atoms with Gasteiger partial charge in [-0.1, -0.05) is 368 Å². The van der Waals surface area contributed by atoms with Gasteiger partial charge in [-0.05, 0) is 94.4 Å². The maximum absolute atomic E-state index is 12.8. The van der Waals surface area contributed by atoms with E-state index in [0.29, 0.717) is 62.1 Å². The Morgan fingerprint density at radius 1 is 0.349 bits per heavy atom. The molecule has 0 aliphatic rings. The van der Waals surface area contributed by atoms with E-state index in [1.165, 1.54) is 316 Å². The Labute approximate surface area is 652 Å². The van der Waals surface area contributed by atoms with Gasteiger partial charge in [-0.15, -0.1) is 0 Å². The van der Waals surface area contributed by atoms with Crippen molar-refractivity contribution >= 4 is 35.5 Å². The second-order valence-electron chi connectivity index (χ2n) is 32.6. The molecule has 616 valence electrons. The van der Waals surface area contributed by atoms with Crippen LogP contribution in [0.15, 0.2) is 36.4 Å². The SMILES string of the molecule is C=C(C)C(=O)OCCCOC(=O)CCCCCCCCC(CCCCCCCC)C(CCCCCCCC)CCCCCCCCC(=O)NCCNC(=O)CCCCCCCCC(CCCCCCCC)C(CCCCCCCC)CCCCCCCCC(=O)OCCOc1ccc(C(=O)C(C)(C)O)cc1. The molecule has 0 aromatic heterocycles. The van der Waals surface area contributed by atoms with Gasteiger partial charge in [0.05, 0.1) is 13.2 Å². The lowest BCUT2D eigenvalue weighted by Gasteiger charge is -2.28. The van der Waals surface area contributed by atoms with E-state index >= 15 is 0 Å².